The normalized spacial score (nSPS) is 10.8. The van der Waals surface area contributed by atoms with E-state index in [2.05, 4.69) is 0 Å². The molecule has 39 heavy (non-hydrogen) atoms. The van der Waals surface area contributed by atoms with Crippen LogP contribution in [0, 0.1) is 0 Å². The van der Waals surface area contributed by atoms with E-state index in [0.29, 0.717) is 33.8 Å². The van der Waals surface area contributed by atoms with E-state index < -0.39 is 0 Å². The summed E-state index contributed by atoms with van der Waals surface area (Å²) in [6, 6.07) is 32.0. The van der Waals surface area contributed by atoms with Gasteiger partial charge in [-0.1, -0.05) is 36.4 Å². The zero-order valence-electron chi connectivity index (χ0n) is 21.7. The van der Waals surface area contributed by atoms with Crippen LogP contribution in [0.1, 0.15) is 22.3 Å². The van der Waals surface area contributed by atoms with Crippen molar-refractivity contribution in [3.8, 4) is 11.5 Å². The van der Waals surface area contributed by atoms with Crippen LogP contribution in [0.3, 0.4) is 0 Å². The van der Waals surface area contributed by atoms with Gasteiger partial charge in [0.1, 0.15) is 23.0 Å². The Morgan fingerprint density at radius 1 is 0.513 bits per heavy atom. The summed E-state index contributed by atoms with van der Waals surface area (Å²) in [4.78, 5) is 19.8. The molecule has 0 spiro atoms. The average molecular weight is 558 g/mol. The van der Waals surface area contributed by atoms with Gasteiger partial charge in [-0.2, -0.15) is 0 Å². The molecule has 0 aliphatic carbocycles. The number of allylic oxidation sites excluding steroid dienone is 2. The topological polar surface area (TPSA) is 102 Å². The molecule has 0 fully saturated rings. The number of hydrogen-bond donors (Lipinski definition) is 2. The molecule has 6 nitrogen and oxygen atoms in total. The van der Waals surface area contributed by atoms with Crippen LogP contribution in [0.5, 0.6) is 11.5 Å². The molecule has 0 radical (unpaired) electrons. The molecule has 0 aliphatic heterocycles. The largest absolute Gasteiger partial charge is 0.507 e. The number of carbonyl (C=O) groups excluding carboxylic acids is 2. The molecule has 0 aromatic heterocycles. The van der Waals surface area contributed by atoms with Crippen molar-refractivity contribution in [3.05, 3.63) is 144 Å². The predicted molar refractivity (Wildman–Crippen MR) is 152 cm³/mol. The third-order valence-electron chi connectivity index (χ3n) is 5.46. The van der Waals surface area contributed by atoms with Crippen LogP contribution >= 0.6 is 0 Å². The van der Waals surface area contributed by atoms with Crippen LogP contribution in [0.2, 0.25) is 0 Å². The van der Waals surface area contributed by atoms with E-state index in [4.69, 9.17) is 9.47 Å². The molecule has 0 bridgehead atoms. The number of ketones is 2. The molecule has 4 rings (SSSR count). The van der Waals surface area contributed by atoms with Crippen molar-refractivity contribution in [3.63, 3.8) is 0 Å². The van der Waals surface area contributed by atoms with E-state index in [1.165, 1.54) is 12.2 Å². The molecule has 0 amide bonds. The molecule has 0 atom stereocenters. The standard InChI is InChI=1S/2C16H14O3.Ti/c2*1-19-14-9-7-13(8-10-14)16(18)11-15(17)12-5-3-2-4-6-12;/h2*2-11,18H,1H3;/p+2/b2*16-11-;. The molecule has 4 aromatic carbocycles. The fraction of sp³-hybridized carbons (Fsp3) is 0.0625. The van der Waals surface area contributed by atoms with Gasteiger partial charge in [-0.05, 0) is 72.8 Å². The number of ether oxygens (including phenoxy) is 2. The van der Waals surface area contributed by atoms with Gasteiger partial charge in [-0.25, -0.2) is 0 Å². The maximum Gasteiger partial charge on any atom is 0.350 e. The average Bonchev–Trinajstić information content (AvgIpc) is 2.98. The maximum atomic E-state index is 9.96. The molecule has 0 saturated carbocycles. The minimum absolute atomic E-state index is 0. The van der Waals surface area contributed by atoms with Gasteiger partial charge in [0.15, 0.2) is 0 Å². The van der Waals surface area contributed by atoms with Crippen molar-refractivity contribution in [2.45, 2.75) is 0 Å². The number of hydrogen-bond acceptors (Lipinski definition) is 4. The Balaban J connectivity index is 0.000000267. The summed E-state index contributed by atoms with van der Waals surface area (Å²) < 4.78 is 10.1. The third kappa shape index (κ3) is 9.45. The molecule has 4 aromatic rings. The van der Waals surface area contributed by atoms with Crippen LogP contribution in [0.4, 0.5) is 0 Å². The second-order valence-electron chi connectivity index (χ2n) is 8.02. The van der Waals surface area contributed by atoms with Crippen molar-refractivity contribution in [1.82, 2.24) is 0 Å². The van der Waals surface area contributed by atoms with Gasteiger partial charge in [0.25, 0.3) is 0 Å². The van der Waals surface area contributed by atoms with Gasteiger partial charge in [0.2, 0.25) is 0 Å². The Bertz CT molecular complexity index is 1280. The molecular formula is C32H30O6Ti+2. The summed E-state index contributed by atoms with van der Waals surface area (Å²) in [7, 11) is 3.17. The molecule has 4 N–H and O–H groups in total. The summed E-state index contributed by atoms with van der Waals surface area (Å²) in [6.45, 7) is 0. The summed E-state index contributed by atoms with van der Waals surface area (Å²) in [5.74, 6) is 1.48. The zero-order chi connectivity index (χ0) is 27.3. The van der Waals surface area contributed by atoms with Gasteiger partial charge >= 0.3 is 11.6 Å². The van der Waals surface area contributed by atoms with Gasteiger partial charge in [0.05, 0.1) is 37.5 Å². The van der Waals surface area contributed by atoms with Crippen LogP contribution in [0.15, 0.2) is 121 Å². The molecule has 0 aliphatic rings. The summed E-state index contributed by atoms with van der Waals surface area (Å²) in [5, 5.41) is 19.9. The van der Waals surface area contributed by atoms with Crippen LogP contribution in [0.25, 0.3) is 11.5 Å². The second-order valence-corrected chi connectivity index (χ2v) is 8.02. The molecular weight excluding hydrogens is 528 g/mol. The number of benzene rings is 4. The van der Waals surface area contributed by atoms with Gasteiger partial charge in [-0.3, -0.25) is 9.59 Å². The quantitative estimate of drug-likeness (QED) is 0.0863. The molecule has 196 valence electrons. The second kappa shape index (κ2) is 15.8. The first kappa shape index (κ1) is 30.8. The minimum Gasteiger partial charge on any atom is -0.507 e. The Morgan fingerprint density at radius 2 is 0.821 bits per heavy atom. The third-order valence-corrected chi connectivity index (χ3v) is 5.46. The van der Waals surface area contributed by atoms with E-state index in [-0.39, 0.29) is 44.8 Å². The van der Waals surface area contributed by atoms with Crippen LogP contribution in [-0.2, 0) is 21.7 Å². The fourth-order valence-corrected chi connectivity index (χ4v) is 3.33. The maximum absolute atomic E-state index is 9.96. The number of methoxy groups -OCH3 is 2. The van der Waals surface area contributed by atoms with Crippen molar-refractivity contribution >= 4 is 23.1 Å². The van der Waals surface area contributed by atoms with E-state index in [0.717, 1.165) is 0 Å². The van der Waals surface area contributed by atoms with E-state index >= 15 is 0 Å². The smallest absolute Gasteiger partial charge is 0.350 e. The SMILES string of the molecule is COc1ccc(/C(O)=C/C(=[OH+])c2ccccc2)cc1.COc1ccc(/C(O)=C/C(=[OH+])c2ccccc2)cc1.[Ti]. The van der Waals surface area contributed by atoms with Crippen molar-refractivity contribution < 1.29 is 51.0 Å². The van der Waals surface area contributed by atoms with Gasteiger partial charge in [-0.15, -0.1) is 0 Å². The number of rotatable bonds is 8. The van der Waals surface area contributed by atoms with Crippen molar-refractivity contribution in [2.24, 2.45) is 0 Å². The van der Waals surface area contributed by atoms with Crippen molar-refractivity contribution in [1.29, 1.82) is 0 Å². The van der Waals surface area contributed by atoms with Crippen LogP contribution in [-0.4, -0.2) is 45.6 Å². The first-order chi connectivity index (χ1) is 18.4. The molecule has 0 heterocycles. The summed E-state index contributed by atoms with van der Waals surface area (Å²) in [6.07, 6.45) is 2.66. The van der Waals surface area contributed by atoms with E-state index in [1.807, 2.05) is 36.4 Å². The Morgan fingerprint density at radius 3 is 1.10 bits per heavy atom. The van der Waals surface area contributed by atoms with Crippen molar-refractivity contribution in [2.75, 3.05) is 14.2 Å². The summed E-state index contributed by atoms with van der Waals surface area (Å²) >= 11 is 0. The Kier molecular flexibility index (Phi) is 12.5. The molecule has 0 unspecified atom stereocenters. The predicted octanol–water partition coefficient (Wildman–Crippen LogP) is 6.37. The zero-order valence-corrected chi connectivity index (χ0v) is 23.2. The Hall–Kier alpha value is -4.39. The summed E-state index contributed by atoms with van der Waals surface area (Å²) in [5.41, 5.74) is 2.54. The molecule has 0 saturated heterocycles. The number of aliphatic hydroxyl groups excluding tert-OH is 2. The van der Waals surface area contributed by atoms with Crippen LogP contribution < -0.4 is 9.47 Å². The Labute approximate surface area is 242 Å². The van der Waals surface area contributed by atoms with E-state index in [1.54, 1.807) is 87.0 Å². The first-order valence-corrected chi connectivity index (χ1v) is 11.7. The monoisotopic (exact) mass is 558 g/mol. The minimum atomic E-state index is 0. The first-order valence-electron chi connectivity index (χ1n) is 11.7. The number of aliphatic hydroxyl groups is 2. The van der Waals surface area contributed by atoms with Gasteiger partial charge < -0.3 is 19.7 Å². The van der Waals surface area contributed by atoms with E-state index in [9.17, 15) is 19.8 Å². The fourth-order valence-electron chi connectivity index (χ4n) is 3.33. The molecule has 7 heteroatoms. The van der Waals surface area contributed by atoms with Gasteiger partial charge in [0, 0.05) is 32.8 Å².